The minimum Gasteiger partial charge on any atom is -0.439 e. The standard InChI is InChI=1S/C17H13N3O2S/c18-9-13(17-20-14-3-1-2-4-16(14)22-17)15(21)11-23-10-12-5-7-19-8-6-12/h1-8,13H,10-11H2/t13-/m1/s1. The smallest absolute Gasteiger partial charge is 0.220 e. The molecule has 3 aromatic rings. The van der Waals surface area contributed by atoms with Crippen LogP contribution in [0.15, 0.2) is 53.2 Å². The fourth-order valence-corrected chi connectivity index (χ4v) is 3.01. The van der Waals surface area contributed by atoms with Gasteiger partial charge in [-0.3, -0.25) is 9.78 Å². The topological polar surface area (TPSA) is 79.8 Å². The number of thioether (sulfide) groups is 1. The maximum Gasteiger partial charge on any atom is 0.220 e. The third-order valence-electron chi connectivity index (χ3n) is 3.27. The number of carbonyl (C=O) groups excluding carboxylic acids is 1. The van der Waals surface area contributed by atoms with Crippen molar-refractivity contribution in [1.29, 1.82) is 5.26 Å². The highest BCUT2D eigenvalue weighted by molar-refractivity contribution is 7.99. The monoisotopic (exact) mass is 323 g/mol. The molecule has 0 aliphatic carbocycles. The largest absolute Gasteiger partial charge is 0.439 e. The molecule has 3 rings (SSSR count). The summed E-state index contributed by atoms with van der Waals surface area (Å²) in [4.78, 5) is 20.5. The first kappa shape index (κ1) is 15.3. The van der Waals surface area contributed by atoms with Gasteiger partial charge in [0.25, 0.3) is 0 Å². The molecule has 0 aliphatic heterocycles. The second-order valence-electron chi connectivity index (χ2n) is 4.90. The first-order valence-electron chi connectivity index (χ1n) is 7.02. The number of aromatic nitrogens is 2. The van der Waals surface area contributed by atoms with Gasteiger partial charge in [-0.2, -0.15) is 5.26 Å². The number of ketones is 1. The van der Waals surface area contributed by atoms with E-state index in [-0.39, 0.29) is 17.4 Å². The molecule has 1 atom stereocenters. The van der Waals surface area contributed by atoms with E-state index in [0.29, 0.717) is 16.9 Å². The third kappa shape index (κ3) is 3.58. The van der Waals surface area contributed by atoms with E-state index in [1.54, 1.807) is 24.5 Å². The summed E-state index contributed by atoms with van der Waals surface area (Å²) in [6.45, 7) is 0. The van der Waals surface area contributed by atoms with E-state index in [1.807, 2.05) is 30.3 Å². The van der Waals surface area contributed by atoms with E-state index in [2.05, 4.69) is 9.97 Å². The van der Waals surface area contributed by atoms with Crippen LogP contribution in [0.5, 0.6) is 0 Å². The molecule has 1 aromatic carbocycles. The van der Waals surface area contributed by atoms with Crippen LogP contribution in [-0.2, 0) is 10.5 Å². The zero-order chi connectivity index (χ0) is 16.1. The SMILES string of the molecule is N#C[C@H](C(=O)CSCc1ccncc1)c1nc2ccccc2o1. The molecule has 0 aliphatic rings. The summed E-state index contributed by atoms with van der Waals surface area (Å²) in [6.07, 6.45) is 3.43. The normalized spacial score (nSPS) is 12.0. The maximum atomic E-state index is 12.3. The van der Waals surface area contributed by atoms with Crippen LogP contribution in [0.2, 0.25) is 0 Å². The van der Waals surface area contributed by atoms with Gasteiger partial charge < -0.3 is 4.42 Å². The molecular formula is C17H13N3O2S. The number of benzene rings is 1. The Morgan fingerprint density at radius 2 is 2.04 bits per heavy atom. The Morgan fingerprint density at radius 1 is 1.26 bits per heavy atom. The molecule has 23 heavy (non-hydrogen) atoms. The van der Waals surface area contributed by atoms with Crippen LogP contribution in [0.25, 0.3) is 11.1 Å². The number of oxazole rings is 1. The van der Waals surface area contributed by atoms with Gasteiger partial charge in [0.05, 0.1) is 11.8 Å². The van der Waals surface area contributed by atoms with Crippen molar-refractivity contribution >= 4 is 28.6 Å². The van der Waals surface area contributed by atoms with Gasteiger partial charge in [0.2, 0.25) is 5.89 Å². The van der Waals surface area contributed by atoms with E-state index in [4.69, 9.17) is 4.42 Å². The number of hydrogen-bond acceptors (Lipinski definition) is 6. The van der Waals surface area contributed by atoms with Gasteiger partial charge in [-0.05, 0) is 29.8 Å². The Bertz CT molecular complexity index is 822. The summed E-state index contributed by atoms with van der Waals surface area (Å²) in [6, 6.07) is 13.0. The van der Waals surface area contributed by atoms with Crippen LogP contribution in [0.3, 0.4) is 0 Å². The summed E-state index contributed by atoms with van der Waals surface area (Å²) < 4.78 is 5.53. The molecule has 0 N–H and O–H groups in total. The zero-order valence-corrected chi connectivity index (χ0v) is 13.0. The number of pyridine rings is 1. The Kier molecular flexibility index (Phi) is 4.69. The zero-order valence-electron chi connectivity index (χ0n) is 12.2. The summed E-state index contributed by atoms with van der Waals surface area (Å²) in [5, 5.41) is 9.30. The maximum absolute atomic E-state index is 12.3. The Balaban J connectivity index is 1.66. The van der Waals surface area contributed by atoms with E-state index in [0.717, 1.165) is 5.56 Å². The van der Waals surface area contributed by atoms with Crippen molar-refractivity contribution in [3.63, 3.8) is 0 Å². The quantitative estimate of drug-likeness (QED) is 0.692. The van der Waals surface area contributed by atoms with Crippen molar-refractivity contribution in [2.45, 2.75) is 11.7 Å². The summed E-state index contributed by atoms with van der Waals surface area (Å²) >= 11 is 1.46. The molecule has 0 radical (unpaired) electrons. The second kappa shape index (κ2) is 7.07. The van der Waals surface area contributed by atoms with Crippen molar-refractivity contribution in [2.24, 2.45) is 0 Å². The highest BCUT2D eigenvalue weighted by Gasteiger charge is 2.25. The minimum absolute atomic E-state index is 0.170. The van der Waals surface area contributed by atoms with Crippen LogP contribution in [0.4, 0.5) is 0 Å². The number of hydrogen-bond donors (Lipinski definition) is 0. The lowest BCUT2D eigenvalue weighted by Gasteiger charge is -2.04. The highest BCUT2D eigenvalue weighted by atomic mass is 32.2. The predicted molar refractivity (Wildman–Crippen MR) is 87.8 cm³/mol. The van der Waals surface area contributed by atoms with Gasteiger partial charge in [-0.1, -0.05) is 12.1 Å². The molecule has 5 nitrogen and oxygen atoms in total. The molecule has 0 unspecified atom stereocenters. The molecule has 0 spiro atoms. The molecule has 0 fully saturated rings. The van der Waals surface area contributed by atoms with Crippen LogP contribution < -0.4 is 0 Å². The van der Waals surface area contributed by atoms with E-state index >= 15 is 0 Å². The fourth-order valence-electron chi connectivity index (χ4n) is 2.11. The van der Waals surface area contributed by atoms with Gasteiger partial charge in [0, 0.05) is 18.1 Å². The number of nitriles is 1. The average molecular weight is 323 g/mol. The first-order valence-corrected chi connectivity index (χ1v) is 8.18. The summed E-state index contributed by atoms with van der Waals surface area (Å²) in [5.41, 5.74) is 2.33. The van der Waals surface area contributed by atoms with Gasteiger partial charge in [0.15, 0.2) is 17.3 Å². The Hall–Kier alpha value is -2.65. The second-order valence-corrected chi connectivity index (χ2v) is 5.88. The fraction of sp³-hybridized carbons (Fsp3) is 0.176. The van der Waals surface area contributed by atoms with E-state index in [1.165, 1.54) is 11.8 Å². The molecule has 114 valence electrons. The van der Waals surface area contributed by atoms with Crippen molar-refractivity contribution in [2.75, 3.05) is 5.75 Å². The molecule has 0 bridgehead atoms. The van der Waals surface area contributed by atoms with E-state index in [9.17, 15) is 10.1 Å². The molecule has 6 heteroatoms. The number of carbonyl (C=O) groups is 1. The van der Waals surface area contributed by atoms with Crippen LogP contribution >= 0.6 is 11.8 Å². The van der Waals surface area contributed by atoms with Gasteiger partial charge >= 0.3 is 0 Å². The lowest BCUT2D eigenvalue weighted by Crippen LogP contribution is -2.13. The van der Waals surface area contributed by atoms with Crippen LogP contribution in [0.1, 0.15) is 17.4 Å². The molecule has 0 saturated heterocycles. The molecule has 0 saturated carbocycles. The van der Waals surface area contributed by atoms with Crippen molar-refractivity contribution in [3.05, 3.63) is 60.2 Å². The number of rotatable bonds is 6. The van der Waals surface area contributed by atoms with Crippen molar-refractivity contribution in [3.8, 4) is 6.07 Å². The third-order valence-corrected chi connectivity index (χ3v) is 4.30. The molecule has 0 amide bonds. The van der Waals surface area contributed by atoms with Crippen LogP contribution in [0, 0.1) is 11.3 Å². The Morgan fingerprint density at radius 3 is 2.78 bits per heavy atom. The van der Waals surface area contributed by atoms with Crippen molar-refractivity contribution < 1.29 is 9.21 Å². The lowest BCUT2D eigenvalue weighted by molar-refractivity contribution is -0.117. The molecule has 2 aromatic heterocycles. The number of Topliss-reactive ketones (excluding diaryl/α,β-unsaturated/α-hetero) is 1. The van der Waals surface area contributed by atoms with Gasteiger partial charge in [-0.15, -0.1) is 11.8 Å². The highest BCUT2D eigenvalue weighted by Crippen LogP contribution is 2.23. The molecule has 2 heterocycles. The van der Waals surface area contributed by atoms with Crippen LogP contribution in [-0.4, -0.2) is 21.5 Å². The lowest BCUT2D eigenvalue weighted by atomic mass is 10.1. The Labute approximate surface area is 137 Å². The van der Waals surface area contributed by atoms with E-state index < -0.39 is 5.92 Å². The average Bonchev–Trinajstić information content (AvgIpc) is 3.00. The van der Waals surface area contributed by atoms with Gasteiger partial charge in [0.1, 0.15) is 5.52 Å². The number of nitrogens with zero attached hydrogens (tertiary/aromatic N) is 3. The minimum atomic E-state index is -0.965. The van der Waals surface area contributed by atoms with Crippen molar-refractivity contribution in [1.82, 2.24) is 9.97 Å². The first-order chi connectivity index (χ1) is 11.3. The number of para-hydroxylation sites is 2. The van der Waals surface area contributed by atoms with Gasteiger partial charge in [-0.25, -0.2) is 4.98 Å². The number of fused-ring (bicyclic) bond motifs is 1. The molecular weight excluding hydrogens is 310 g/mol. The summed E-state index contributed by atoms with van der Waals surface area (Å²) in [7, 11) is 0. The summed E-state index contributed by atoms with van der Waals surface area (Å²) in [5.74, 6) is -0.0622. The predicted octanol–water partition coefficient (Wildman–Crippen LogP) is 3.33.